The first-order valence-electron chi connectivity index (χ1n) is 10.5. The van der Waals surface area contributed by atoms with E-state index in [9.17, 15) is 9.59 Å². The highest BCUT2D eigenvalue weighted by molar-refractivity contribution is 6.05. The molecule has 5 aromatic rings. The van der Waals surface area contributed by atoms with Crippen LogP contribution in [0, 0.1) is 5.92 Å². The highest BCUT2D eigenvalue weighted by Crippen LogP contribution is 2.32. The topological polar surface area (TPSA) is 142 Å². The van der Waals surface area contributed by atoms with Crippen LogP contribution in [0.15, 0.2) is 43.1 Å². The highest BCUT2D eigenvalue weighted by atomic mass is 16.2. The van der Waals surface area contributed by atoms with Crippen molar-refractivity contribution in [2.24, 2.45) is 5.92 Å². The summed E-state index contributed by atoms with van der Waals surface area (Å²) in [4.78, 5) is 44.7. The maximum atomic E-state index is 12.1. The maximum absolute atomic E-state index is 12.1. The number of imidazole rings is 1. The standard InChI is InChI=1S/C23H18N8O2/c1-11(32)17-9-25-10-18-19(17)29-22(28-18)20-16-5-14(7-26-21(16)31-30-20)13-4-15(8-24-6-13)27-23(33)12-2-3-12/h4-10,12H,2-3H2,1H3,(H,27,33)(H,28,29)(H,26,30,31). The predicted octanol–water partition coefficient (Wildman–Crippen LogP) is 3.51. The first kappa shape index (κ1) is 19.2. The van der Waals surface area contributed by atoms with Gasteiger partial charge in [-0.2, -0.15) is 5.10 Å². The number of nitrogens with zero attached hydrogens (tertiary/aromatic N) is 5. The molecule has 6 rings (SSSR count). The fourth-order valence-electron chi connectivity index (χ4n) is 3.80. The number of carbonyl (C=O) groups is 2. The van der Waals surface area contributed by atoms with E-state index in [1.165, 1.54) is 13.1 Å². The lowest BCUT2D eigenvalue weighted by atomic mass is 10.1. The number of hydrogen-bond donors (Lipinski definition) is 3. The van der Waals surface area contributed by atoms with E-state index in [1.807, 2.05) is 12.1 Å². The van der Waals surface area contributed by atoms with Crippen LogP contribution in [-0.4, -0.2) is 46.8 Å². The average Bonchev–Trinajstić information content (AvgIpc) is 3.45. The Labute approximate surface area is 186 Å². The molecule has 1 saturated carbocycles. The van der Waals surface area contributed by atoms with E-state index in [4.69, 9.17) is 0 Å². The van der Waals surface area contributed by atoms with Gasteiger partial charge in [-0.1, -0.05) is 0 Å². The second-order valence-electron chi connectivity index (χ2n) is 8.14. The van der Waals surface area contributed by atoms with Gasteiger partial charge in [0.05, 0.1) is 34.5 Å². The van der Waals surface area contributed by atoms with Crippen molar-refractivity contribution in [1.82, 2.24) is 35.1 Å². The van der Waals surface area contributed by atoms with E-state index in [-0.39, 0.29) is 17.6 Å². The second kappa shape index (κ2) is 7.30. The van der Waals surface area contributed by atoms with Crippen LogP contribution in [0.1, 0.15) is 30.1 Å². The van der Waals surface area contributed by atoms with Gasteiger partial charge in [-0.3, -0.25) is 24.7 Å². The van der Waals surface area contributed by atoms with Gasteiger partial charge < -0.3 is 10.3 Å². The summed E-state index contributed by atoms with van der Waals surface area (Å²) in [5.74, 6) is 0.572. The van der Waals surface area contributed by atoms with E-state index >= 15 is 0 Å². The molecule has 33 heavy (non-hydrogen) atoms. The minimum absolute atomic E-state index is 0.0314. The molecule has 1 aliphatic rings. The van der Waals surface area contributed by atoms with Gasteiger partial charge in [0.1, 0.15) is 11.2 Å². The van der Waals surface area contributed by atoms with E-state index in [0.29, 0.717) is 39.4 Å². The second-order valence-corrected chi connectivity index (χ2v) is 8.14. The Morgan fingerprint density at radius 3 is 2.67 bits per heavy atom. The predicted molar refractivity (Wildman–Crippen MR) is 121 cm³/mol. The van der Waals surface area contributed by atoms with Crippen LogP contribution in [0.4, 0.5) is 5.69 Å². The highest BCUT2D eigenvalue weighted by Gasteiger charge is 2.29. The summed E-state index contributed by atoms with van der Waals surface area (Å²) in [5, 5.41) is 11.0. The summed E-state index contributed by atoms with van der Waals surface area (Å²) >= 11 is 0. The Kier molecular flexibility index (Phi) is 4.25. The number of hydrogen-bond acceptors (Lipinski definition) is 7. The van der Waals surface area contributed by atoms with Crippen LogP contribution in [0.25, 0.3) is 44.7 Å². The molecule has 1 fully saturated rings. The third kappa shape index (κ3) is 3.41. The number of aromatic nitrogens is 7. The molecule has 1 aliphatic carbocycles. The molecular weight excluding hydrogens is 420 g/mol. The monoisotopic (exact) mass is 438 g/mol. The molecule has 5 aromatic heterocycles. The first-order chi connectivity index (χ1) is 16.1. The van der Waals surface area contributed by atoms with Gasteiger partial charge >= 0.3 is 0 Å². The quantitative estimate of drug-likeness (QED) is 0.356. The molecule has 0 atom stereocenters. The van der Waals surface area contributed by atoms with Crippen molar-refractivity contribution in [2.75, 3.05) is 5.32 Å². The lowest BCUT2D eigenvalue weighted by molar-refractivity contribution is -0.117. The van der Waals surface area contributed by atoms with Crippen LogP contribution < -0.4 is 5.32 Å². The number of H-pyrrole nitrogens is 2. The number of fused-ring (bicyclic) bond motifs is 2. The molecular formula is C23H18N8O2. The molecule has 1 amide bonds. The zero-order chi connectivity index (χ0) is 22.5. The van der Waals surface area contributed by atoms with Crippen molar-refractivity contribution < 1.29 is 9.59 Å². The zero-order valence-corrected chi connectivity index (χ0v) is 17.6. The lowest BCUT2D eigenvalue weighted by Gasteiger charge is -2.06. The third-order valence-corrected chi connectivity index (χ3v) is 5.71. The number of amides is 1. The first-order valence-corrected chi connectivity index (χ1v) is 10.5. The molecule has 0 aromatic carbocycles. The van der Waals surface area contributed by atoms with Crippen molar-refractivity contribution in [1.29, 1.82) is 0 Å². The van der Waals surface area contributed by atoms with Gasteiger partial charge in [-0.25, -0.2) is 9.97 Å². The Balaban J connectivity index is 1.40. The number of anilines is 1. The van der Waals surface area contributed by atoms with Gasteiger partial charge in [0.2, 0.25) is 5.91 Å². The van der Waals surface area contributed by atoms with E-state index < -0.39 is 0 Å². The minimum atomic E-state index is -0.106. The van der Waals surface area contributed by atoms with Gasteiger partial charge in [-0.05, 0) is 31.9 Å². The summed E-state index contributed by atoms with van der Waals surface area (Å²) in [6.07, 6.45) is 10.1. The van der Waals surface area contributed by atoms with Crippen molar-refractivity contribution in [3.05, 3.63) is 48.7 Å². The number of ketones is 1. The molecule has 10 heteroatoms. The largest absolute Gasteiger partial charge is 0.335 e. The zero-order valence-electron chi connectivity index (χ0n) is 17.6. The minimum Gasteiger partial charge on any atom is -0.335 e. The Hall–Kier alpha value is -4.47. The van der Waals surface area contributed by atoms with E-state index in [0.717, 1.165) is 29.4 Å². The maximum Gasteiger partial charge on any atom is 0.227 e. The molecule has 10 nitrogen and oxygen atoms in total. The van der Waals surface area contributed by atoms with E-state index in [1.54, 1.807) is 24.8 Å². The molecule has 0 saturated heterocycles. The summed E-state index contributed by atoms with van der Waals surface area (Å²) < 4.78 is 0. The van der Waals surface area contributed by atoms with Crippen molar-refractivity contribution in [3.8, 4) is 22.6 Å². The Morgan fingerprint density at radius 2 is 1.85 bits per heavy atom. The molecule has 0 radical (unpaired) electrons. The van der Waals surface area contributed by atoms with Crippen molar-refractivity contribution in [2.45, 2.75) is 19.8 Å². The van der Waals surface area contributed by atoms with Gasteiger partial charge in [0.15, 0.2) is 17.3 Å². The molecule has 162 valence electrons. The van der Waals surface area contributed by atoms with E-state index in [2.05, 4.69) is 40.4 Å². The number of Topliss-reactive ketones (excluding diaryl/α,β-unsaturated/α-hetero) is 1. The van der Waals surface area contributed by atoms with Crippen LogP contribution in [0.3, 0.4) is 0 Å². The molecule has 0 bridgehead atoms. The van der Waals surface area contributed by atoms with Crippen LogP contribution in [0.2, 0.25) is 0 Å². The van der Waals surface area contributed by atoms with Gasteiger partial charge in [0, 0.05) is 35.6 Å². The number of nitrogens with one attached hydrogen (secondary N) is 3. The average molecular weight is 438 g/mol. The third-order valence-electron chi connectivity index (χ3n) is 5.71. The van der Waals surface area contributed by atoms with Crippen molar-refractivity contribution in [3.63, 3.8) is 0 Å². The molecule has 3 N–H and O–H groups in total. The fourth-order valence-corrected chi connectivity index (χ4v) is 3.80. The Morgan fingerprint density at radius 1 is 1.03 bits per heavy atom. The van der Waals surface area contributed by atoms with Gasteiger partial charge in [-0.15, -0.1) is 0 Å². The lowest BCUT2D eigenvalue weighted by Crippen LogP contribution is -2.13. The fraction of sp³-hybridized carbons (Fsp3) is 0.174. The molecule has 0 spiro atoms. The number of carbonyl (C=O) groups excluding carboxylic acids is 2. The SMILES string of the molecule is CC(=O)c1cncc2[nH]c(-c3[nH]nc4ncc(-c5cncc(NC(=O)C6CC6)c5)cc34)nc12. The van der Waals surface area contributed by atoms with Crippen LogP contribution in [0.5, 0.6) is 0 Å². The van der Waals surface area contributed by atoms with Crippen LogP contribution in [-0.2, 0) is 4.79 Å². The van der Waals surface area contributed by atoms with Gasteiger partial charge in [0.25, 0.3) is 0 Å². The van der Waals surface area contributed by atoms with Crippen LogP contribution >= 0.6 is 0 Å². The molecule has 0 unspecified atom stereocenters. The Bertz CT molecular complexity index is 1560. The summed E-state index contributed by atoms with van der Waals surface area (Å²) in [6.45, 7) is 1.49. The number of pyridine rings is 3. The summed E-state index contributed by atoms with van der Waals surface area (Å²) in [7, 11) is 0. The normalized spacial score (nSPS) is 13.5. The summed E-state index contributed by atoms with van der Waals surface area (Å²) in [5.41, 5.74) is 5.14. The molecule has 0 aliphatic heterocycles. The summed E-state index contributed by atoms with van der Waals surface area (Å²) in [6, 6.07) is 3.82. The van der Waals surface area contributed by atoms with Crippen molar-refractivity contribution >= 4 is 39.4 Å². The smallest absolute Gasteiger partial charge is 0.227 e. The number of aromatic amines is 2. The molecule has 5 heterocycles. The number of rotatable bonds is 5.